The van der Waals surface area contributed by atoms with E-state index in [2.05, 4.69) is 18.8 Å². The smallest absolute Gasteiger partial charge is 0.0580 e. The maximum atomic E-state index is 9.55. The lowest BCUT2D eigenvalue weighted by Gasteiger charge is -2.15. The second-order valence-electron chi connectivity index (χ2n) is 3.99. The van der Waals surface area contributed by atoms with Gasteiger partial charge in [0.2, 0.25) is 0 Å². The molecule has 0 bridgehead atoms. The molecule has 0 amide bonds. The highest BCUT2D eigenvalue weighted by atomic mass is 16.3. The average molecular weight is 183 g/mol. The fourth-order valence-corrected chi connectivity index (χ4v) is 1.81. The lowest BCUT2D eigenvalue weighted by Crippen LogP contribution is -2.28. The maximum absolute atomic E-state index is 9.55. The van der Waals surface area contributed by atoms with Crippen molar-refractivity contribution in [3.05, 3.63) is 12.2 Å². The molecule has 2 N–H and O–H groups in total. The lowest BCUT2D eigenvalue weighted by molar-refractivity contribution is 0.132. The van der Waals surface area contributed by atoms with E-state index in [-0.39, 0.29) is 6.10 Å². The van der Waals surface area contributed by atoms with E-state index in [1.807, 2.05) is 0 Å². The Morgan fingerprint density at radius 1 is 1.54 bits per heavy atom. The number of aliphatic hydroxyl groups is 1. The van der Waals surface area contributed by atoms with Crippen molar-refractivity contribution in [2.45, 2.75) is 38.7 Å². The van der Waals surface area contributed by atoms with Gasteiger partial charge in [-0.25, -0.2) is 0 Å². The normalized spacial score (nSPS) is 27.8. The zero-order valence-electron chi connectivity index (χ0n) is 8.55. The van der Waals surface area contributed by atoms with E-state index >= 15 is 0 Å². The minimum Gasteiger partial charge on any atom is -0.393 e. The van der Waals surface area contributed by atoms with E-state index in [1.54, 1.807) is 0 Å². The Labute approximate surface area is 81.0 Å². The van der Waals surface area contributed by atoms with Crippen molar-refractivity contribution in [2.24, 2.45) is 5.92 Å². The van der Waals surface area contributed by atoms with Crippen molar-refractivity contribution in [1.82, 2.24) is 5.32 Å². The van der Waals surface area contributed by atoms with Crippen molar-refractivity contribution in [2.75, 3.05) is 13.1 Å². The van der Waals surface area contributed by atoms with Gasteiger partial charge in [0, 0.05) is 13.1 Å². The minimum absolute atomic E-state index is 0.0672. The summed E-state index contributed by atoms with van der Waals surface area (Å²) in [7, 11) is 0. The molecule has 13 heavy (non-hydrogen) atoms. The summed E-state index contributed by atoms with van der Waals surface area (Å²) in [6.07, 6.45) is 4.32. The molecule has 0 heterocycles. The molecule has 0 aromatic carbocycles. The predicted molar refractivity (Wildman–Crippen MR) is 55.6 cm³/mol. The van der Waals surface area contributed by atoms with Gasteiger partial charge in [0.25, 0.3) is 0 Å². The van der Waals surface area contributed by atoms with Gasteiger partial charge in [0.15, 0.2) is 0 Å². The third kappa shape index (κ3) is 3.49. The Morgan fingerprint density at radius 3 is 2.85 bits per heavy atom. The first-order chi connectivity index (χ1) is 6.24. The molecule has 1 aliphatic carbocycles. The molecule has 2 unspecified atom stereocenters. The van der Waals surface area contributed by atoms with E-state index in [4.69, 9.17) is 0 Å². The van der Waals surface area contributed by atoms with Gasteiger partial charge in [0.1, 0.15) is 0 Å². The summed E-state index contributed by atoms with van der Waals surface area (Å²) in [6.45, 7) is 7.90. The molecule has 1 rings (SSSR count). The van der Waals surface area contributed by atoms with Crippen LogP contribution in [0.25, 0.3) is 0 Å². The number of nitrogens with one attached hydrogen (secondary N) is 1. The van der Waals surface area contributed by atoms with Crippen LogP contribution in [0.1, 0.15) is 32.6 Å². The average Bonchev–Trinajstić information content (AvgIpc) is 2.52. The van der Waals surface area contributed by atoms with E-state index < -0.39 is 0 Å². The van der Waals surface area contributed by atoms with Crippen LogP contribution in [0.5, 0.6) is 0 Å². The molecule has 0 aromatic heterocycles. The third-order valence-corrected chi connectivity index (χ3v) is 2.90. The molecule has 2 heteroatoms. The highest BCUT2D eigenvalue weighted by molar-refractivity contribution is 4.95. The molecular formula is C11H21NO. The monoisotopic (exact) mass is 183 g/mol. The second kappa shape index (κ2) is 5.40. The van der Waals surface area contributed by atoms with E-state index in [0.29, 0.717) is 5.92 Å². The van der Waals surface area contributed by atoms with Gasteiger partial charge in [-0.3, -0.25) is 0 Å². The van der Waals surface area contributed by atoms with Gasteiger partial charge in [-0.05, 0) is 25.2 Å². The van der Waals surface area contributed by atoms with Gasteiger partial charge in [-0.15, -0.1) is 0 Å². The molecule has 1 aliphatic rings. The lowest BCUT2D eigenvalue weighted by atomic mass is 10.1. The largest absolute Gasteiger partial charge is 0.393 e. The Bertz CT molecular complexity index is 167. The molecule has 0 saturated heterocycles. The first-order valence-electron chi connectivity index (χ1n) is 5.29. The molecule has 0 radical (unpaired) electrons. The molecule has 1 saturated carbocycles. The number of hydrogen-bond acceptors (Lipinski definition) is 2. The molecule has 0 aromatic rings. The van der Waals surface area contributed by atoms with E-state index in [9.17, 15) is 5.11 Å². The summed E-state index contributed by atoms with van der Waals surface area (Å²) in [5, 5.41) is 12.9. The van der Waals surface area contributed by atoms with Crippen LogP contribution in [-0.2, 0) is 0 Å². The Hall–Kier alpha value is -0.340. The summed E-state index contributed by atoms with van der Waals surface area (Å²) in [5.41, 5.74) is 1.24. The van der Waals surface area contributed by atoms with E-state index in [0.717, 1.165) is 25.9 Å². The third-order valence-electron chi connectivity index (χ3n) is 2.90. The van der Waals surface area contributed by atoms with Gasteiger partial charge >= 0.3 is 0 Å². The van der Waals surface area contributed by atoms with E-state index in [1.165, 1.54) is 18.4 Å². The summed E-state index contributed by atoms with van der Waals surface area (Å²) < 4.78 is 0. The fourth-order valence-electron chi connectivity index (χ4n) is 1.81. The minimum atomic E-state index is -0.0672. The van der Waals surface area contributed by atoms with Gasteiger partial charge in [-0.1, -0.05) is 25.5 Å². The van der Waals surface area contributed by atoms with Crippen LogP contribution in [0.3, 0.4) is 0 Å². The highest BCUT2D eigenvalue weighted by Gasteiger charge is 2.24. The molecule has 0 aliphatic heterocycles. The van der Waals surface area contributed by atoms with Crippen LogP contribution < -0.4 is 5.32 Å². The van der Waals surface area contributed by atoms with Gasteiger partial charge in [-0.2, -0.15) is 0 Å². The highest BCUT2D eigenvalue weighted by Crippen LogP contribution is 2.24. The van der Waals surface area contributed by atoms with Crippen molar-refractivity contribution < 1.29 is 5.11 Å². The Kier molecular flexibility index (Phi) is 4.46. The standard InChI is InChI=1S/C11H21NO/c1-3-9(2)7-12-8-10-5-4-6-11(10)13/h10-13H,2-8H2,1H3. The molecule has 0 spiro atoms. The maximum Gasteiger partial charge on any atom is 0.0580 e. The van der Waals surface area contributed by atoms with Gasteiger partial charge < -0.3 is 10.4 Å². The van der Waals surface area contributed by atoms with Crippen molar-refractivity contribution in [3.8, 4) is 0 Å². The quantitative estimate of drug-likeness (QED) is 0.636. The van der Waals surface area contributed by atoms with Crippen LogP contribution >= 0.6 is 0 Å². The van der Waals surface area contributed by atoms with Crippen LogP contribution in [0.4, 0.5) is 0 Å². The SMILES string of the molecule is C=C(CC)CNCC1CCCC1O. The van der Waals surface area contributed by atoms with Gasteiger partial charge in [0.05, 0.1) is 6.10 Å². The second-order valence-corrected chi connectivity index (χ2v) is 3.99. The zero-order chi connectivity index (χ0) is 9.68. The van der Waals surface area contributed by atoms with Crippen LogP contribution in [0.15, 0.2) is 12.2 Å². The summed E-state index contributed by atoms with van der Waals surface area (Å²) in [5.74, 6) is 0.477. The fraction of sp³-hybridized carbons (Fsp3) is 0.818. The molecule has 1 fully saturated rings. The molecule has 2 nitrogen and oxygen atoms in total. The topological polar surface area (TPSA) is 32.3 Å². The summed E-state index contributed by atoms with van der Waals surface area (Å²) in [4.78, 5) is 0. The van der Waals surface area contributed by atoms with Crippen molar-refractivity contribution in [1.29, 1.82) is 0 Å². The van der Waals surface area contributed by atoms with Crippen molar-refractivity contribution in [3.63, 3.8) is 0 Å². The molecule has 76 valence electrons. The number of rotatable bonds is 5. The van der Waals surface area contributed by atoms with Crippen LogP contribution in [0.2, 0.25) is 0 Å². The Morgan fingerprint density at radius 2 is 2.31 bits per heavy atom. The first kappa shape index (κ1) is 10.7. The summed E-state index contributed by atoms with van der Waals surface area (Å²) in [6, 6.07) is 0. The molecular weight excluding hydrogens is 162 g/mol. The molecule has 2 atom stereocenters. The van der Waals surface area contributed by atoms with Crippen molar-refractivity contribution >= 4 is 0 Å². The van der Waals surface area contributed by atoms with Crippen LogP contribution in [-0.4, -0.2) is 24.3 Å². The zero-order valence-corrected chi connectivity index (χ0v) is 8.55. The summed E-state index contributed by atoms with van der Waals surface area (Å²) >= 11 is 0. The van der Waals surface area contributed by atoms with Crippen LogP contribution in [0, 0.1) is 5.92 Å². The Balaban J connectivity index is 2.08. The first-order valence-corrected chi connectivity index (χ1v) is 5.29. The predicted octanol–water partition coefficient (Wildman–Crippen LogP) is 1.70. The number of aliphatic hydroxyl groups excluding tert-OH is 1. The number of hydrogen-bond donors (Lipinski definition) is 2.